The van der Waals surface area contributed by atoms with Crippen molar-refractivity contribution in [2.24, 2.45) is 0 Å². The van der Waals surface area contributed by atoms with Crippen LogP contribution in [0.15, 0.2) is 52.0 Å². The van der Waals surface area contributed by atoms with Gasteiger partial charge in [-0.05, 0) is 71.8 Å². The minimum absolute atomic E-state index is 0.0702. The number of anilines is 1. The average molecular weight is 505 g/mol. The van der Waals surface area contributed by atoms with E-state index < -0.39 is 0 Å². The first-order chi connectivity index (χ1) is 17.0. The molecule has 2 heterocycles. The first kappa shape index (κ1) is 23.4. The van der Waals surface area contributed by atoms with Crippen molar-refractivity contribution in [3.8, 4) is 11.3 Å². The molecule has 0 saturated carbocycles. The zero-order valence-corrected chi connectivity index (χ0v) is 20.9. The molecule has 1 fully saturated rings. The number of fused-ring (bicyclic) bond motifs is 1. The molecular formula is C26H24N4O3S2. The highest BCUT2D eigenvalue weighted by Gasteiger charge is 2.32. The highest BCUT2D eigenvalue weighted by molar-refractivity contribution is 8.26. The smallest absolute Gasteiger partial charge is 0.266 e. The van der Waals surface area contributed by atoms with Gasteiger partial charge in [0.15, 0.2) is 5.69 Å². The molecule has 0 atom stereocenters. The number of aromatic nitrogens is 2. The zero-order valence-electron chi connectivity index (χ0n) is 19.2. The summed E-state index contributed by atoms with van der Waals surface area (Å²) in [6.07, 6.45) is 6.41. The summed E-state index contributed by atoms with van der Waals surface area (Å²) < 4.78 is 5.37. The van der Waals surface area contributed by atoms with Crippen molar-refractivity contribution in [3.05, 3.63) is 69.6 Å². The van der Waals surface area contributed by atoms with Crippen LogP contribution in [0.4, 0.5) is 5.82 Å². The Hall–Kier alpha value is -3.30. The Labute approximate surface area is 212 Å². The average Bonchev–Trinajstić information content (AvgIpc) is 3.42. The van der Waals surface area contributed by atoms with Gasteiger partial charge in [0, 0.05) is 18.5 Å². The Bertz CT molecular complexity index is 1330. The largest absolute Gasteiger partial charge is 0.306 e. The van der Waals surface area contributed by atoms with E-state index in [1.807, 2.05) is 43.3 Å². The second-order valence-corrected chi connectivity index (χ2v) is 10.4. The van der Waals surface area contributed by atoms with Crippen molar-refractivity contribution in [1.82, 2.24) is 15.2 Å². The molecule has 178 valence electrons. The fourth-order valence-electron chi connectivity index (χ4n) is 4.26. The highest BCUT2D eigenvalue weighted by atomic mass is 32.2. The van der Waals surface area contributed by atoms with E-state index in [-0.39, 0.29) is 30.6 Å². The molecule has 1 aromatic heterocycles. The molecule has 7 nitrogen and oxygen atoms in total. The molecule has 0 bridgehead atoms. The molecule has 1 saturated heterocycles. The van der Waals surface area contributed by atoms with Crippen LogP contribution in [0.1, 0.15) is 41.5 Å². The molecule has 0 unspecified atom stereocenters. The van der Waals surface area contributed by atoms with Gasteiger partial charge in [-0.25, -0.2) is 4.63 Å². The number of thiocarbonyl (C=S) groups is 1. The van der Waals surface area contributed by atoms with Gasteiger partial charge in [0.2, 0.25) is 11.7 Å². The molecule has 1 aliphatic carbocycles. The number of rotatable bonds is 6. The number of hydrogen-bond donors (Lipinski definition) is 1. The number of thioether (sulfide) groups is 1. The highest BCUT2D eigenvalue weighted by Crippen LogP contribution is 2.33. The fourth-order valence-corrected chi connectivity index (χ4v) is 5.56. The summed E-state index contributed by atoms with van der Waals surface area (Å²) in [6, 6.07) is 14.1. The van der Waals surface area contributed by atoms with Crippen LogP contribution in [0.5, 0.6) is 0 Å². The van der Waals surface area contributed by atoms with Crippen molar-refractivity contribution in [2.75, 3.05) is 11.9 Å². The van der Waals surface area contributed by atoms with Gasteiger partial charge < -0.3 is 5.32 Å². The van der Waals surface area contributed by atoms with E-state index in [2.05, 4.69) is 27.8 Å². The molecule has 2 amide bonds. The maximum atomic E-state index is 12.9. The second kappa shape index (κ2) is 10.1. The Morgan fingerprint density at radius 3 is 2.71 bits per heavy atom. The lowest BCUT2D eigenvalue weighted by Crippen LogP contribution is -2.31. The first-order valence-corrected chi connectivity index (χ1v) is 12.8. The Morgan fingerprint density at radius 2 is 1.91 bits per heavy atom. The van der Waals surface area contributed by atoms with Crippen LogP contribution in [-0.4, -0.2) is 37.9 Å². The molecule has 3 aromatic rings. The molecule has 1 N–H and O–H groups in total. The number of benzene rings is 2. The van der Waals surface area contributed by atoms with Crippen LogP contribution in [0.25, 0.3) is 17.3 Å². The predicted molar refractivity (Wildman–Crippen MR) is 141 cm³/mol. The lowest BCUT2D eigenvalue weighted by Gasteiger charge is -2.16. The third-order valence-electron chi connectivity index (χ3n) is 6.18. The summed E-state index contributed by atoms with van der Waals surface area (Å²) in [5.74, 6) is -0.210. The van der Waals surface area contributed by atoms with Crippen LogP contribution in [0.3, 0.4) is 0 Å². The van der Waals surface area contributed by atoms with Crippen molar-refractivity contribution in [2.45, 2.75) is 39.0 Å². The van der Waals surface area contributed by atoms with Gasteiger partial charge in [0.1, 0.15) is 4.32 Å². The second-order valence-electron chi connectivity index (χ2n) is 8.69. The van der Waals surface area contributed by atoms with E-state index in [0.29, 0.717) is 14.9 Å². The van der Waals surface area contributed by atoms with E-state index >= 15 is 0 Å². The quantitative estimate of drug-likeness (QED) is 0.367. The summed E-state index contributed by atoms with van der Waals surface area (Å²) >= 11 is 6.64. The molecule has 9 heteroatoms. The molecular weight excluding hydrogens is 480 g/mol. The molecule has 35 heavy (non-hydrogen) atoms. The number of aryl methyl sites for hydroxylation is 3. The maximum Gasteiger partial charge on any atom is 0.266 e. The van der Waals surface area contributed by atoms with Crippen molar-refractivity contribution >= 4 is 52.0 Å². The molecule has 1 aliphatic heterocycles. The van der Waals surface area contributed by atoms with E-state index in [1.165, 1.54) is 40.6 Å². The Morgan fingerprint density at radius 1 is 1.14 bits per heavy atom. The van der Waals surface area contributed by atoms with Crippen molar-refractivity contribution in [1.29, 1.82) is 0 Å². The number of nitrogens with zero attached hydrogens (tertiary/aromatic N) is 3. The lowest BCUT2D eigenvalue weighted by atomic mass is 9.90. The monoisotopic (exact) mass is 504 g/mol. The number of nitrogens with one attached hydrogen (secondary N) is 1. The lowest BCUT2D eigenvalue weighted by molar-refractivity contribution is -0.122. The maximum absolute atomic E-state index is 12.9. The normalized spacial score (nSPS) is 16.6. The van der Waals surface area contributed by atoms with Crippen LogP contribution in [0.2, 0.25) is 0 Å². The zero-order chi connectivity index (χ0) is 24.4. The summed E-state index contributed by atoms with van der Waals surface area (Å²) in [5.41, 5.74) is 6.11. The van der Waals surface area contributed by atoms with Crippen LogP contribution in [0, 0.1) is 6.92 Å². The number of amides is 2. The van der Waals surface area contributed by atoms with E-state index in [9.17, 15) is 9.59 Å². The molecule has 2 aromatic carbocycles. The molecule has 0 spiro atoms. The Balaban J connectivity index is 1.22. The van der Waals surface area contributed by atoms with Crippen LogP contribution in [-0.2, 0) is 22.4 Å². The molecule has 5 rings (SSSR count). The minimum Gasteiger partial charge on any atom is -0.306 e. The summed E-state index contributed by atoms with van der Waals surface area (Å²) in [7, 11) is 0. The Kier molecular flexibility index (Phi) is 6.79. The number of carbonyl (C=O) groups is 2. The van der Waals surface area contributed by atoms with Crippen LogP contribution >= 0.6 is 24.0 Å². The van der Waals surface area contributed by atoms with Gasteiger partial charge in [0.05, 0.1) is 4.91 Å². The standard InChI is InChI=1S/C26H24N4O3S2/c1-16-6-8-17(9-7-16)14-21-25(32)30(26(34)35-21)13-12-22(31)27-24-23(28-33-29-24)20-11-10-18-4-2-3-5-19(18)15-20/h6-11,14-15H,2-5,12-13H2,1H3,(H,27,29,31)/b21-14-. The third kappa shape index (κ3) is 5.21. The fraction of sp³-hybridized carbons (Fsp3) is 0.269. The van der Waals surface area contributed by atoms with E-state index in [0.717, 1.165) is 29.5 Å². The first-order valence-electron chi connectivity index (χ1n) is 11.5. The van der Waals surface area contributed by atoms with Gasteiger partial charge in [-0.1, -0.05) is 65.9 Å². The number of carbonyl (C=O) groups excluding carboxylic acids is 2. The van der Waals surface area contributed by atoms with Gasteiger partial charge in [-0.3, -0.25) is 14.5 Å². The van der Waals surface area contributed by atoms with Gasteiger partial charge in [0.25, 0.3) is 5.91 Å². The summed E-state index contributed by atoms with van der Waals surface area (Å²) in [5, 5.41) is 10.7. The van der Waals surface area contributed by atoms with E-state index in [1.54, 1.807) is 0 Å². The topological polar surface area (TPSA) is 88.3 Å². The minimum atomic E-state index is -0.295. The van der Waals surface area contributed by atoms with Crippen molar-refractivity contribution in [3.63, 3.8) is 0 Å². The van der Waals surface area contributed by atoms with Gasteiger partial charge >= 0.3 is 0 Å². The molecule has 0 radical (unpaired) electrons. The summed E-state index contributed by atoms with van der Waals surface area (Å²) in [4.78, 5) is 27.5. The summed E-state index contributed by atoms with van der Waals surface area (Å²) in [6.45, 7) is 2.19. The molecule has 2 aliphatic rings. The third-order valence-corrected chi connectivity index (χ3v) is 7.56. The van der Waals surface area contributed by atoms with Crippen molar-refractivity contribution < 1.29 is 14.2 Å². The number of hydrogen-bond acceptors (Lipinski definition) is 7. The van der Waals surface area contributed by atoms with Crippen LogP contribution < -0.4 is 5.32 Å². The SMILES string of the molecule is Cc1ccc(/C=C2\SC(=S)N(CCC(=O)Nc3nonc3-c3ccc4c(c3)CCCC4)C2=O)cc1. The predicted octanol–water partition coefficient (Wildman–Crippen LogP) is 5.15. The van der Waals surface area contributed by atoms with E-state index in [4.69, 9.17) is 16.8 Å². The van der Waals surface area contributed by atoms with Gasteiger partial charge in [-0.2, -0.15) is 0 Å². The van der Waals surface area contributed by atoms with Gasteiger partial charge in [-0.15, -0.1) is 0 Å².